The zero-order valence-corrected chi connectivity index (χ0v) is 14.6. The van der Waals surface area contributed by atoms with Crippen LogP contribution in [-0.2, 0) is 30.4 Å². The second kappa shape index (κ2) is 8.98. The lowest BCUT2D eigenvalue weighted by molar-refractivity contribution is -0.698. The summed E-state index contributed by atoms with van der Waals surface area (Å²) in [5.41, 5.74) is 1.91. The van der Waals surface area contributed by atoms with Gasteiger partial charge in [-0.15, -0.1) is 0 Å². The van der Waals surface area contributed by atoms with Gasteiger partial charge in [0, 0.05) is 6.61 Å². The zero-order valence-electron chi connectivity index (χ0n) is 14.6. The number of H-pyrrole nitrogens is 1. The maximum atomic E-state index is 12.5. The second-order valence-corrected chi connectivity index (χ2v) is 5.52. The van der Waals surface area contributed by atoms with Crippen molar-refractivity contribution in [2.24, 2.45) is 0 Å². The monoisotopic (exact) mass is 347 g/mol. The quantitative estimate of drug-likeness (QED) is 0.341. The Morgan fingerprint density at radius 2 is 2.08 bits per heavy atom. The van der Waals surface area contributed by atoms with E-state index in [1.165, 1.54) is 10.9 Å². The van der Waals surface area contributed by atoms with Crippen molar-refractivity contribution in [1.82, 2.24) is 4.98 Å². The molecule has 0 aliphatic carbocycles. The molecule has 0 saturated carbocycles. The van der Waals surface area contributed by atoms with Crippen LogP contribution in [0.15, 0.2) is 43.0 Å². The normalized spacial score (nSPS) is 13.1. The molecule has 0 saturated heterocycles. The summed E-state index contributed by atoms with van der Waals surface area (Å²) in [6, 6.07) is 6.37. The number of aromatic nitrogens is 2. The molecule has 1 heterocycles. The Hall–Kier alpha value is -2.67. The predicted octanol–water partition coefficient (Wildman–Crippen LogP) is 1.82. The molecular weight excluding hydrogens is 324 g/mol. The van der Waals surface area contributed by atoms with Gasteiger partial charge in [0.1, 0.15) is 19.0 Å². The van der Waals surface area contributed by atoms with Crippen molar-refractivity contribution in [3.63, 3.8) is 0 Å². The molecule has 1 aromatic heterocycles. The van der Waals surface area contributed by atoms with Crippen molar-refractivity contribution >= 4 is 11.9 Å². The van der Waals surface area contributed by atoms with E-state index in [-0.39, 0.29) is 6.61 Å². The Bertz CT molecular complexity index is 699. The molecule has 7 heteroatoms. The summed E-state index contributed by atoms with van der Waals surface area (Å²) >= 11 is 0. The number of esters is 2. The van der Waals surface area contributed by atoms with Crippen molar-refractivity contribution in [2.75, 3.05) is 6.61 Å². The van der Waals surface area contributed by atoms with Crippen molar-refractivity contribution in [2.45, 2.75) is 39.7 Å². The van der Waals surface area contributed by atoms with Crippen LogP contribution < -0.4 is 4.57 Å². The molecule has 0 amide bonds. The number of carbonyl (C=O) groups excluding carboxylic acids is 2. The molecule has 1 aromatic carbocycles. The fraction of sp³-hybridized carbons (Fsp3) is 0.389. The molecule has 0 fully saturated rings. The standard InChI is InChI=1S/C18H22N2O5/c1-4-23-14(3)25-18(22)16(20-9-8-19-12-20)17(21)24-11-15-7-5-6-13(2)10-15/h5-10,12,14,16H,4,11H2,1-3H3/p+1/t14-,16?/m0/s1. The summed E-state index contributed by atoms with van der Waals surface area (Å²) < 4.78 is 17.1. The van der Waals surface area contributed by atoms with Crippen LogP contribution in [0.2, 0.25) is 0 Å². The lowest BCUT2D eigenvalue weighted by Crippen LogP contribution is -2.49. The molecular formula is C18H23N2O5+. The summed E-state index contributed by atoms with van der Waals surface area (Å²) in [4.78, 5) is 27.7. The lowest BCUT2D eigenvalue weighted by atomic mass is 10.1. The summed E-state index contributed by atoms with van der Waals surface area (Å²) in [5.74, 6) is -1.43. The van der Waals surface area contributed by atoms with Gasteiger partial charge in [-0.3, -0.25) is 4.98 Å². The third-order valence-electron chi connectivity index (χ3n) is 3.46. The van der Waals surface area contributed by atoms with E-state index in [0.29, 0.717) is 6.61 Å². The van der Waals surface area contributed by atoms with E-state index in [9.17, 15) is 9.59 Å². The molecule has 1 N–H and O–H groups in total. The molecule has 1 unspecified atom stereocenters. The van der Waals surface area contributed by atoms with Crippen molar-refractivity contribution < 1.29 is 28.4 Å². The van der Waals surface area contributed by atoms with Gasteiger partial charge in [0.05, 0.1) is 0 Å². The molecule has 2 atom stereocenters. The average molecular weight is 347 g/mol. The smallest absolute Gasteiger partial charge is 0.366 e. The fourth-order valence-electron chi connectivity index (χ4n) is 2.33. The number of aromatic amines is 1. The Labute approximate surface area is 146 Å². The highest BCUT2D eigenvalue weighted by Gasteiger charge is 2.37. The molecule has 0 aliphatic heterocycles. The van der Waals surface area contributed by atoms with Crippen LogP contribution in [0.4, 0.5) is 0 Å². The summed E-state index contributed by atoms with van der Waals surface area (Å²) in [7, 11) is 0. The molecule has 7 nitrogen and oxygen atoms in total. The third-order valence-corrected chi connectivity index (χ3v) is 3.46. The van der Waals surface area contributed by atoms with E-state index in [2.05, 4.69) is 4.98 Å². The minimum Gasteiger partial charge on any atom is -0.457 e. The first-order valence-electron chi connectivity index (χ1n) is 8.09. The largest absolute Gasteiger partial charge is 0.457 e. The first-order valence-corrected chi connectivity index (χ1v) is 8.09. The van der Waals surface area contributed by atoms with Crippen LogP contribution in [0, 0.1) is 6.92 Å². The van der Waals surface area contributed by atoms with Crippen LogP contribution in [0.5, 0.6) is 0 Å². The molecule has 0 spiro atoms. The Morgan fingerprint density at radius 3 is 2.72 bits per heavy atom. The number of carbonyl (C=O) groups is 2. The number of ether oxygens (including phenoxy) is 3. The second-order valence-electron chi connectivity index (χ2n) is 5.52. The van der Waals surface area contributed by atoms with E-state index in [4.69, 9.17) is 14.2 Å². The maximum absolute atomic E-state index is 12.5. The fourth-order valence-corrected chi connectivity index (χ4v) is 2.33. The van der Waals surface area contributed by atoms with Crippen LogP contribution in [0.25, 0.3) is 0 Å². The van der Waals surface area contributed by atoms with Gasteiger partial charge in [-0.25, -0.2) is 14.2 Å². The highest BCUT2D eigenvalue weighted by Crippen LogP contribution is 2.10. The molecule has 0 aliphatic rings. The number of hydrogen-bond donors (Lipinski definition) is 1. The highest BCUT2D eigenvalue weighted by molar-refractivity contribution is 5.95. The van der Waals surface area contributed by atoms with E-state index in [0.717, 1.165) is 11.1 Å². The molecule has 2 aromatic rings. The van der Waals surface area contributed by atoms with Gasteiger partial charge in [-0.1, -0.05) is 29.8 Å². The first-order chi connectivity index (χ1) is 12.0. The SMILES string of the molecule is CCO[C@H](C)OC(=O)C(C(=O)OCc1cccc(C)c1)[n+]1cc[nH]c1. The van der Waals surface area contributed by atoms with Gasteiger partial charge < -0.3 is 14.2 Å². The third kappa shape index (κ3) is 5.42. The number of aryl methyl sites for hydroxylation is 1. The number of rotatable bonds is 8. The summed E-state index contributed by atoms with van der Waals surface area (Å²) in [5, 5.41) is 0. The lowest BCUT2D eigenvalue weighted by Gasteiger charge is -2.16. The van der Waals surface area contributed by atoms with Crippen LogP contribution in [0.3, 0.4) is 0 Å². The van der Waals surface area contributed by atoms with Crippen LogP contribution in [0.1, 0.15) is 31.0 Å². The van der Waals surface area contributed by atoms with E-state index >= 15 is 0 Å². The van der Waals surface area contributed by atoms with Crippen molar-refractivity contribution in [3.05, 3.63) is 54.1 Å². The molecule has 134 valence electrons. The molecule has 2 rings (SSSR count). The first kappa shape index (κ1) is 18.7. The summed E-state index contributed by atoms with van der Waals surface area (Å²) in [6.45, 7) is 5.82. The Balaban J connectivity index is 2.07. The number of benzene rings is 1. The number of nitrogens with one attached hydrogen (secondary N) is 1. The van der Waals surface area contributed by atoms with Crippen molar-refractivity contribution in [3.8, 4) is 0 Å². The highest BCUT2D eigenvalue weighted by atomic mass is 16.7. The zero-order chi connectivity index (χ0) is 18.2. The topological polar surface area (TPSA) is 81.5 Å². The van der Waals surface area contributed by atoms with Gasteiger partial charge in [0.25, 0.3) is 6.04 Å². The van der Waals surface area contributed by atoms with E-state index in [1.54, 1.807) is 26.2 Å². The predicted molar refractivity (Wildman–Crippen MR) is 88.2 cm³/mol. The van der Waals surface area contributed by atoms with Gasteiger partial charge in [-0.2, -0.15) is 0 Å². The average Bonchev–Trinajstić information content (AvgIpc) is 3.07. The van der Waals surface area contributed by atoms with E-state index < -0.39 is 24.3 Å². The molecule has 25 heavy (non-hydrogen) atoms. The number of hydrogen-bond acceptors (Lipinski definition) is 5. The van der Waals surface area contributed by atoms with E-state index in [1.807, 2.05) is 31.2 Å². The van der Waals surface area contributed by atoms with Gasteiger partial charge in [-0.05, 0) is 26.3 Å². The van der Waals surface area contributed by atoms with Gasteiger partial charge in [0.15, 0.2) is 6.29 Å². The maximum Gasteiger partial charge on any atom is 0.366 e. The van der Waals surface area contributed by atoms with Crippen molar-refractivity contribution in [1.29, 1.82) is 0 Å². The number of nitrogens with zero attached hydrogens (tertiary/aromatic N) is 1. The Kier molecular flexibility index (Phi) is 6.71. The minimum atomic E-state index is -1.24. The van der Waals surface area contributed by atoms with Crippen LogP contribution in [-0.4, -0.2) is 29.8 Å². The minimum absolute atomic E-state index is 0.0797. The molecule has 0 bridgehead atoms. The number of imidazole rings is 1. The molecule has 0 radical (unpaired) electrons. The van der Waals surface area contributed by atoms with Gasteiger partial charge >= 0.3 is 11.9 Å². The summed E-state index contributed by atoms with van der Waals surface area (Å²) in [6.07, 6.45) is 3.90. The van der Waals surface area contributed by atoms with Crippen LogP contribution >= 0.6 is 0 Å². The Morgan fingerprint density at radius 1 is 1.28 bits per heavy atom. The van der Waals surface area contributed by atoms with Gasteiger partial charge in [0.2, 0.25) is 6.33 Å².